The smallest absolute Gasteiger partial charge is 0.306 e. The Morgan fingerprint density at radius 1 is 0.333 bits per heavy atom. The molecule has 0 aliphatic carbocycles. The predicted molar refractivity (Wildman–Crippen MR) is 269 cm³/mol. The number of rotatable bonds is 43. The van der Waals surface area contributed by atoms with E-state index in [0.29, 0.717) is 19.3 Å². The van der Waals surface area contributed by atoms with Crippen LogP contribution < -0.4 is 0 Å². The highest BCUT2D eigenvalue weighted by Gasteiger charge is 2.19. The minimum atomic E-state index is -0.828. The van der Waals surface area contributed by atoms with Gasteiger partial charge in [0.15, 0.2) is 6.10 Å². The first-order chi connectivity index (χ1) is 31.0. The maximum Gasteiger partial charge on any atom is 0.306 e. The molecule has 0 radical (unpaired) electrons. The van der Waals surface area contributed by atoms with E-state index in [4.69, 9.17) is 14.2 Å². The zero-order valence-electron chi connectivity index (χ0n) is 40.3. The molecule has 354 valence electrons. The maximum absolute atomic E-state index is 12.8. The van der Waals surface area contributed by atoms with Crippen molar-refractivity contribution < 1.29 is 28.6 Å². The zero-order chi connectivity index (χ0) is 45.8. The van der Waals surface area contributed by atoms with Gasteiger partial charge in [0.05, 0.1) is 0 Å². The molecule has 6 heteroatoms. The van der Waals surface area contributed by atoms with E-state index in [2.05, 4.69) is 142 Å². The van der Waals surface area contributed by atoms with Gasteiger partial charge in [-0.2, -0.15) is 0 Å². The molecule has 0 aromatic rings. The van der Waals surface area contributed by atoms with Crippen LogP contribution in [0.1, 0.15) is 201 Å². The Bertz CT molecular complexity index is 1370. The fraction of sp³-hybridized carbons (Fsp3) is 0.596. The lowest BCUT2D eigenvalue weighted by atomic mass is 10.1. The van der Waals surface area contributed by atoms with Crippen LogP contribution in [0.3, 0.4) is 0 Å². The summed E-state index contributed by atoms with van der Waals surface area (Å²) < 4.78 is 16.7. The summed E-state index contributed by atoms with van der Waals surface area (Å²) in [6.07, 6.45) is 69.1. The number of unbranched alkanes of at least 4 members (excludes halogenated alkanes) is 12. The molecular weight excluding hydrogens is 781 g/mol. The van der Waals surface area contributed by atoms with Gasteiger partial charge in [-0.15, -0.1) is 0 Å². The molecule has 0 rings (SSSR count). The summed E-state index contributed by atoms with van der Waals surface area (Å²) in [5, 5.41) is 0. The summed E-state index contributed by atoms with van der Waals surface area (Å²) in [5.74, 6) is -1.06. The molecule has 0 bridgehead atoms. The van der Waals surface area contributed by atoms with Gasteiger partial charge in [-0.3, -0.25) is 14.4 Å². The number of ether oxygens (including phenoxy) is 3. The summed E-state index contributed by atoms with van der Waals surface area (Å²) in [7, 11) is 0. The first-order valence-electron chi connectivity index (χ1n) is 25.0. The second-order valence-corrected chi connectivity index (χ2v) is 16.0. The molecule has 0 aliphatic rings. The second-order valence-electron chi connectivity index (χ2n) is 16.0. The maximum atomic E-state index is 12.8. The number of carbonyl (C=O) groups is 3. The van der Waals surface area contributed by atoms with E-state index in [-0.39, 0.29) is 44.0 Å². The fourth-order valence-electron chi connectivity index (χ4n) is 6.24. The summed E-state index contributed by atoms with van der Waals surface area (Å²) in [5.41, 5.74) is 0. The van der Waals surface area contributed by atoms with Crippen LogP contribution in [0.25, 0.3) is 0 Å². The molecule has 6 nitrogen and oxygen atoms in total. The van der Waals surface area contributed by atoms with Crippen molar-refractivity contribution in [1.82, 2.24) is 0 Å². The molecule has 0 saturated carbocycles. The summed E-state index contributed by atoms with van der Waals surface area (Å²) in [6, 6.07) is 0. The summed E-state index contributed by atoms with van der Waals surface area (Å²) in [6.45, 7) is 6.25. The average molecular weight is 871 g/mol. The van der Waals surface area contributed by atoms with Crippen LogP contribution in [0, 0.1) is 0 Å². The van der Waals surface area contributed by atoms with Crippen molar-refractivity contribution in [3.05, 3.63) is 122 Å². The predicted octanol–water partition coefficient (Wildman–Crippen LogP) is 16.5. The number of allylic oxidation sites excluding steroid dienone is 20. The van der Waals surface area contributed by atoms with Crippen molar-refractivity contribution in [2.24, 2.45) is 0 Å². The molecule has 63 heavy (non-hydrogen) atoms. The number of hydrogen-bond acceptors (Lipinski definition) is 6. The largest absolute Gasteiger partial charge is 0.462 e. The number of hydrogen-bond donors (Lipinski definition) is 0. The Labute approximate surface area is 386 Å². The van der Waals surface area contributed by atoms with Gasteiger partial charge in [0.2, 0.25) is 0 Å². The standard InChI is InChI=1S/C57H90O6/c1-4-7-10-13-16-19-22-24-26-28-30-32-35-38-41-44-47-50-56(59)62-53-54(52-61-55(58)49-46-43-40-37-34-21-18-15-12-9-6-3)63-57(60)51-48-45-42-39-36-33-31-29-27-25-23-20-17-14-11-8-5-2/h7,9-10,12,16-21,24-27,30,32,37-38,40-41,54H,4-6,8,11,13-15,22-23,28-29,31,33-36,39,42-53H2,1-3H3/b10-7-,12-9-,19-16-,20-17-,21-18-,26-24-,27-25-,32-30-,40-37-,41-38-. The van der Waals surface area contributed by atoms with Crippen molar-refractivity contribution in [3.63, 3.8) is 0 Å². The summed E-state index contributed by atoms with van der Waals surface area (Å²) in [4.78, 5) is 37.9. The molecule has 0 aliphatic heterocycles. The van der Waals surface area contributed by atoms with Crippen molar-refractivity contribution >= 4 is 17.9 Å². The van der Waals surface area contributed by atoms with Crippen molar-refractivity contribution in [1.29, 1.82) is 0 Å². The fourth-order valence-corrected chi connectivity index (χ4v) is 6.24. The minimum Gasteiger partial charge on any atom is -0.462 e. The molecule has 0 aromatic carbocycles. The normalized spacial score (nSPS) is 13.1. The molecule has 0 amide bonds. The van der Waals surface area contributed by atoms with Crippen molar-refractivity contribution in [3.8, 4) is 0 Å². The molecule has 0 N–H and O–H groups in total. The molecule has 0 aromatic heterocycles. The van der Waals surface area contributed by atoms with Crippen LogP contribution in [-0.2, 0) is 28.6 Å². The Morgan fingerprint density at radius 3 is 1.02 bits per heavy atom. The van der Waals surface area contributed by atoms with E-state index in [1.807, 2.05) is 0 Å². The topological polar surface area (TPSA) is 78.9 Å². The zero-order valence-corrected chi connectivity index (χ0v) is 40.3. The first-order valence-corrected chi connectivity index (χ1v) is 25.0. The van der Waals surface area contributed by atoms with Crippen LogP contribution in [0.5, 0.6) is 0 Å². The van der Waals surface area contributed by atoms with Crippen LogP contribution in [0.2, 0.25) is 0 Å². The van der Waals surface area contributed by atoms with Crippen LogP contribution in [0.15, 0.2) is 122 Å². The first kappa shape index (κ1) is 58.8. The minimum absolute atomic E-state index is 0.129. The Morgan fingerprint density at radius 2 is 0.635 bits per heavy atom. The van der Waals surface area contributed by atoms with Crippen LogP contribution >= 0.6 is 0 Å². The SMILES string of the molecule is CC/C=C\C/C=C\C/C=C\C/C=C\C/C=C\CCCC(=O)OCC(COC(=O)CCC/C=C\C/C=C\C/C=C\CC)OC(=O)CCCCCCCCC/C=C\C/C=C\CCCCC. The van der Waals surface area contributed by atoms with Crippen molar-refractivity contribution in [2.45, 2.75) is 207 Å². The van der Waals surface area contributed by atoms with Crippen LogP contribution in [-0.4, -0.2) is 37.2 Å². The van der Waals surface area contributed by atoms with Gasteiger partial charge in [0, 0.05) is 19.3 Å². The van der Waals surface area contributed by atoms with E-state index >= 15 is 0 Å². The lowest BCUT2D eigenvalue weighted by molar-refractivity contribution is -0.167. The van der Waals surface area contributed by atoms with Crippen LogP contribution in [0.4, 0.5) is 0 Å². The monoisotopic (exact) mass is 871 g/mol. The van der Waals surface area contributed by atoms with Gasteiger partial charge in [-0.1, -0.05) is 187 Å². The third-order valence-corrected chi connectivity index (χ3v) is 9.93. The highest BCUT2D eigenvalue weighted by molar-refractivity contribution is 5.71. The molecule has 1 unspecified atom stereocenters. The Balaban J connectivity index is 4.54. The molecule has 0 saturated heterocycles. The van der Waals surface area contributed by atoms with E-state index in [1.54, 1.807) is 0 Å². The Hall–Kier alpha value is -4.19. The van der Waals surface area contributed by atoms with Gasteiger partial charge >= 0.3 is 17.9 Å². The van der Waals surface area contributed by atoms with Gasteiger partial charge < -0.3 is 14.2 Å². The van der Waals surface area contributed by atoms with Gasteiger partial charge in [0.1, 0.15) is 13.2 Å². The Kier molecular flexibility index (Phi) is 47.1. The van der Waals surface area contributed by atoms with E-state index in [9.17, 15) is 14.4 Å². The third kappa shape index (κ3) is 48.7. The highest BCUT2D eigenvalue weighted by Crippen LogP contribution is 2.12. The summed E-state index contributed by atoms with van der Waals surface area (Å²) >= 11 is 0. The quantitative estimate of drug-likeness (QED) is 0.0263. The van der Waals surface area contributed by atoms with E-state index in [1.165, 1.54) is 51.4 Å². The molecule has 0 fully saturated rings. The molecule has 0 heterocycles. The number of esters is 3. The molecule has 1 atom stereocenters. The highest BCUT2D eigenvalue weighted by atomic mass is 16.6. The lowest BCUT2D eigenvalue weighted by Crippen LogP contribution is -2.30. The van der Waals surface area contributed by atoms with Gasteiger partial charge in [-0.05, 0) is 116 Å². The van der Waals surface area contributed by atoms with Crippen molar-refractivity contribution in [2.75, 3.05) is 13.2 Å². The third-order valence-electron chi connectivity index (χ3n) is 9.93. The van der Waals surface area contributed by atoms with E-state index in [0.717, 1.165) is 96.3 Å². The number of carbonyl (C=O) groups excluding carboxylic acids is 3. The molecule has 0 spiro atoms. The lowest BCUT2D eigenvalue weighted by Gasteiger charge is -2.18. The van der Waals surface area contributed by atoms with Gasteiger partial charge in [0.25, 0.3) is 0 Å². The van der Waals surface area contributed by atoms with E-state index < -0.39 is 6.10 Å². The van der Waals surface area contributed by atoms with Gasteiger partial charge in [-0.25, -0.2) is 0 Å². The average Bonchev–Trinajstić information content (AvgIpc) is 3.28. The molecular formula is C57H90O6. The second kappa shape index (κ2) is 50.5.